The molecule has 96 valence electrons. The molecule has 2 N–H and O–H groups in total. The minimum atomic E-state index is -0.512. The number of hydrogen-bond acceptors (Lipinski definition) is 2. The topological polar surface area (TPSA) is 32.3 Å². The molecule has 1 saturated carbocycles. The molecule has 0 aromatic rings. The van der Waals surface area contributed by atoms with Gasteiger partial charge in [0.1, 0.15) is 5.72 Å². The van der Waals surface area contributed by atoms with Gasteiger partial charge in [-0.1, -0.05) is 45.4 Å². The first-order valence-corrected chi connectivity index (χ1v) is 7.24. The van der Waals surface area contributed by atoms with Gasteiger partial charge in [-0.05, 0) is 38.6 Å². The Morgan fingerprint density at radius 2 is 1.50 bits per heavy atom. The average molecular weight is 227 g/mol. The van der Waals surface area contributed by atoms with E-state index in [0.29, 0.717) is 0 Å². The van der Waals surface area contributed by atoms with Gasteiger partial charge in [0.25, 0.3) is 0 Å². The lowest BCUT2D eigenvalue weighted by Gasteiger charge is -2.23. The third-order valence-electron chi connectivity index (χ3n) is 3.67. The zero-order chi connectivity index (χ0) is 11.7. The number of nitrogens with one attached hydrogen (secondary N) is 1. The summed E-state index contributed by atoms with van der Waals surface area (Å²) in [5, 5.41) is 13.4. The Morgan fingerprint density at radius 1 is 0.938 bits per heavy atom. The second-order valence-electron chi connectivity index (χ2n) is 5.29. The predicted molar refractivity (Wildman–Crippen MR) is 69.4 cm³/mol. The molecule has 1 rings (SSSR count). The fourth-order valence-electron chi connectivity index (χ4n) is 2.54. The molecule has 1 aliphatic rings. The van der Waals surface area contributed by atoms with Gasteiger partial charge in [-0.2, -0.15) is 0 Å². The molecule has 1 aliphatic carbocycles. The molecule has 1 fully saturated rings. The van der Waals surface area contributed by atoms with Crippen LogP contribution in [-0.4, -0.2) is 17.4 Å². The lowest BCUT2D eigenvalue weighted by molar-refractivity contribution is 0.0123. The summed E-state index contributed by atoms with van der Waals surface area (Å²) in [5.41, 5.74) is -0.512. The summed E-state index contributed by atoms with van der Waals surface area (Å²) in [6.07, 6.45) is 13.6. The maximum absolute atomic E-state index is 10.1. The number of rotatable bonds is 9. The van der Waals surface area contributed by atoms with Crippen molar-refractivity contribution in [2.45, 2.75) is 83.3 Å². The van der Waals surface area contributed by atoms with Crippen molar-refractivity contribution in [1.29, 1.82) is 0 Å². The molecule has 0 aliphatic heterocycles. The first kappa shape index (κ1) is 14.0. The van der Waals surface area contributed by atoms with Gasteiger partial charge in [0, 0.05) is 0 Å². The minimum absolute atomic E-state index is 0.512. The van der Waals surface area contributed by atoms with Crippen LogP contribution in [0.4, 0.5) is 0 Å². The second kappa shape index (κ2) is 8.08. The molecule has 0 amide bonds. The largest absolute Gasteiger partial charge is 0.376 e. The van der Waals surface area contributed by atoms with Crippen molar-refractivity contribution in [1.82, 2.24) is 5.32 Å². The van der Waals surface area contributed by atoms with Crippen molar-refractivity contribution < 1.29 is 5.11 Å². The van der Waals surface area contributed by atoms with Gasteiger partial charge in [0.05, 0.1) is 0 Å². The van der Waals surface area contributed by atoms with Gasteiger partial charge in [-0.15, -0.1) is 0 Å². The smallest absolute Gasteiger partial charge is 0.116 e. The molecule has 0 atom stereocenters. The van der Waals surface area contributed by atoms with Crippen LogP contribution < -0.4 is 5.32 Å². The van der Waals surface area contributed by atoms with Crippen LogP contribution in [0.15, 0.2) is 0 Å². The highest BCUT2D eigenvalue weighted by Gasteiger charge is 2.29. The Labute approximate surface area is 101 Å². The standard InChI is InChI=1S/C14H29NO/c1-2-3-4-5-6-7-10-13-15-14(16)11-8-9-12-14/h15-16H,2-13H2,1H3. The van der Waals surface area contributed by atoms with Crippen molar-refractivity contribution in [3.63, 3.8) is 0 Å². The fraction of sp³-hybridized carbons (Fsp3) is 1.00. The molecule has 0 bridgehead atoms. The van der Waals surface area contributed by atoms with E-state index in [4.69, 9.17) is 0 Å². The van der Waals surface area contributed by atoms with Crippen LogP contribution in [-0.2, 0) is 0 Å². The van der Waals surface area contributed by atoms with Gasteiger partial charge in [0.15, 0.2) is 0 Å². The van der Waals surface area contributed by atoms with Crippen LogP contribution in [0.3, 0.4) is 0 Å². The predicted octanol–water partition coefficient (Wildman–Crippen LogP) is 3.59. The number of hydrogen-bond donors (Lipinski definition) is 2. The number of aliphatic hydroxyl groups is 1. The normalized spacial score (nSPS) is 19.1. The summed E-state index contributed by atoms with van der Waals surface area (Å²) in [4.78, 5) is 0. The summed E-state index contributed by atoms with van der Waals surface area (Å²) in [6.45, 7) is 3.25. The Balaban J connectivity index is 1.84. The van der Waals surface area contributed by atoms with E-state index in [9.17, 15) is 5.11 Å². The minimum Gasteiger partial charge on any atom is -0.376 e. The molecule has 2 nitrogen and oxygen atoms in total. The van der Waals surface area contributed by atoms with Gasteiger partial charge in [0.2, 0.25) is 0 Å². The van der Waals surface area contributed by atoms with Gasteiger partial charge < -0.3 is 5.11 Å². The molecule has 0 unspecified atom stereocenters. The maximum Gasteiger partial charge on any atom is 0.116 e. The molecule has 0 heterocycles. The van der Waals surface area contributed by atoms with E-state index >= 15 is 0 Å². The zero-order valence-corrected chi connectivity index (χ0v) is 10.9. The van der Waals surface area contributed by atoms with E-state index < -0.39 is 5.72 Å². The summed E-state index contributed by atoms with van der Waals surface area (Å²) >= 11 is 0. The van der Waals surface area contributed by atoms with Gasteiger partial charge in [-0.3, -0.25) is 5.32 Å². The Hall–Kier alpha value is -0.0800. The van der Waals surface area contributed by atoms with E-state index in [2.05, 4.69) is 12.2 Å². The molecule has 0 aromatic carbocycles. The van der Waals surface area contributed by atoms with Crippen LogP contribution in [0.1, 0.15) is 77.6 Å². The summed E-state index contributed by atoms with van der Waals surface area (Å²) in [6, 6.07) is 0. The van der Waals surface area contributed by atoms with Crippen LogP contribution >= 0.6 is 0 Å². The highest BCUT2D eigenvalue weighted by atomic mass is 16.3. The van der Waals surface area contributed by atoms with E-state index in [0.717, 1.165) is 19.4 Å². The highest BCUT2D eigenvalue weighted by molar-refractivity contribution is 4.81. The lowest BCUT2D eigenvalue weighted by atomic mass is 10.1. The molecule has 2 heteroatoms. The van der Waals surface area contributed by atoms with Crippen LogP contribution in [0.2, 0.25) is 0 Å². The Kier molecular flexibility index (Phi) is 7.06. The van der Waals surface area contributed by atoms with Crippen molar-refractivity contribution in [3.05, 3.63) is 0 Å². The molecular weight excluding hydrogens is 198 g/mol. The second-order valence-corrected chi connectivity index (χ2v) is 5.29. The first-order chi connectivity index (χ1) is 7.77. The summed E-state index contributed by atoms with van der Waals surface area (Å²) < 4.78 is 0. The van der Waals surface area contributed by atoms with Gasteiger partial charge >= 0.3 is 0 Å². The van der Waals surface area contributed by atoms with Crippen LogP contribution in [0, 0.1) is 0 Å². The summed E-state index contributed by atoms with van der Waals surface area (Å²) in [5.74, 6) is 0. The van der Waals surface area contributed by atoms with E-state index in [1.54, 1.807) is 0 Å². The van der Waals surface area contributed by atoms with Crippen molar-refractivity contribution in [2.24, 2.45) is 0 Å². The molecule has 0 radical (unpaired) electrons. The molecule has 16 heavy (non-hydrogen) atoms. The van der Waals surface area contributed by atoms with Crippen molar-refractivity contribution in [2.75, 3.05) is 6.54 Å². The Morgan fingerprint density at radius 3 is 2.12 bits per heavy atom. The monoisotopic (exact) mass is 227 g/mol. The van der Waals surface area contributed by atoms with E-state index in [1.165, 1.54) is 57.8 Å². The van der Waals surface area contributed by atoms with E-state index in [-0.39, 0.29) is 0 Å². The molecular formula is C14H29NO. The van der Waals surface area contributed by atoms with E-state index in [1.807, 2.05) is 0 Å². The van der Waals surface area contributed by atoms with Crippen LogP contribution in [0.25, 0.3) is 0 Å². The van der Waals surface area contributed by atoms with Crippen molar-refractivity contribution in [3.8, 4) is 0 Å². The Bertz CT molecular complexity index is 164. The quantitative estimate of drug-likeness (QED) is 0.466. The van der Waals surface area contributed by atoms with Gasteiger partial charge in [-0.25, -0.2) is 0 Å². The molecule has 0 saturated heterocycles. The molecule has 0 aromatic heterocycles. The molecule has 0 spiro atoms. The number of unbranched alkanes of at least 4 members (excludes halogenated alkanes) is 6. The van der Waals surface area contributed by atoms with Crippen LogP contribution in [0.5, 0.6) is 0 Å². The third-order valence-corrected chi connectivity index (χ3v) is 3.67. The first-order valence-electron chi connectivity index (χ1n) is 7.24. The van der Waals surface area contributed by atoms with Crippen molar-refractivity contribution >= 4 is 0 Å². The highest BCUT2D eigenvalue weighted by Crippen LogP contribution is 2.26. The average Bonchev–Trinajstić information content (AvgIpc) is 2.70. The fourth-order valence-corrected chi connectivity index (χ4v) is 2.54. The zero-order valence-electron chi connectivity index (χ0n) is 10.9. The SMILES string of the molecule is CCCCCCCCCNC1(O)CCCC1. The lowest BCUT2D eigenvalue weighted by Crippen LogP contribution is -2.42. The third kappa shape index (κ3) is 5.86. The maximum atomic E-state index is 10.1. The summed E-state index contributed by atoms with van der Waals surface area (Å²) in [7, 11) is 0.